The number of aromatic nitrogens is 1. The monoisotopic (exact) mass is 318 g/mol. The van der Waals surface area contributed by atoms with Crippen LogP contribution in [0.5, 0.6) is 11.5 Å². The fourth-order valence-electron chi connectivity index (χ4n) is 1.87. The van der Waals surface area contributed by atoms with Gasteiger partial charge in [-0.2, -0.15) is 0 Å². The summed E-state index contributed by atoms with van der Waals surface area (Å²) in [6.07, 6.45) is 1.79. The third kappa shape index (κ3) is 3.85. The van der Waals surface area contributed by atoms with Crippen LogP contribution in [-0.4, -0.2) is 25.1 Å². The number of anilines is 1. The average molecular weight is 318 g/mol. The second kappa shape index (κ2) is 7.09. The minimum atomic E-state index is -0.177. The molecule has 1 aromatic carbocycles. The molecule has 0 saturated carbocycles. The van der Waals surface area contributed by atoms with Crippen LogP contribution in [-0.2, 0) is 4.79 Å². The van der Waals surface area contributed by atoms with E-state index in [0.717, 1.165) is 11.3 Å². The average Bonchev–Trinajstić information content (AvgIpc) is 2.92. The summed E-state index contributed by atoms with van der Waals surface area (Å²) in [7, 11) is 3.16. The molecule has 1 heterocycles. The van der Waals surface area contributed by atoms with E-state index in [-0.39, 0.29) is 5.91 Å². The molecule has 0 spiro atoms. The Bertz CT molecular complexity index is 707. The molecule has 5 nitrogen and oxygen atoms in total. The first-order valence-electron chi connectivity index (χ1n) is 6.67. The maximum Gasteiger partial charge on any atom is 0.253 e. The van der Waals surface area contributed by atoms with E-state index in [9.17, 15) is 4.79 Å². The minimum Gasteiger partial charge on any atom is -0.493 e. The van der Waals surface area contributed by atoms with Crippen molar-refractivity contribution in [1.82, 2.24) is 4.98 Å². The van der Waals surface area contributed by atoms with E-state index in [1.807, 2.05) is 24.4 Å². The van der Waals surface area contributed by atoms with Gasteiger partial charge in [-0.1, -0.05) is 6.07 Å². The van der Waals surface area contributed by atoms with Crippen LogP contribution < -0.4 is 14.8 Å². The molecule has 6 heteroatoms. The largest absolute Gasteiger partial charge is 0.493 e. The number of carbonyl (C=O) groups is 1. The Kier molecular flexibility index (Phi) is 5.16. The molecular weight excluding hydrogens is 300 g/mol. The molecule has 1 amide bonds. The number of hydrogen-bond donors (Lipinski definition) is 1. The van der Waals surface area contributed by atoms with Crippen molar-refractivity contribution in [3.05, 3.63) is 40.4 Å². The Morgan fingerprint density at radius 2 is 2.00 bits per heavy atom. The summed E-state index contributed by atoms with van der Waals surface area (Å²) in [5.41, 5.74) is 2.34. The predicted octanol–water partition coefficient (Wildman–Crippen LogP) is 3.51. The number of methoxy groups -OCH3 is 2. The number of hydrogen-bond acceptors (Lipinski definition) is 5. The first-order chi connectivity index (χ1) is 10.5. The molecular formula is C16H18N2O3S. The summed E-state index contributed by atoms with van der Waals surface area (Å²) >= 11 is 1.41. The van der Waals surface area contributed by atoms with E-state index < -0.39 is 0 Å². The molecule has 1 aromatic heterocycles. The Hall–Kier alpha value is -2.34. The van der Waals surface area contributed by atoms with Crippen LogP contribution in [0.2, 0.25) is 0 Å². The standard InChI is InChI=1S/C16H18N2O3S/c1-10(15(19)18-16-17-11(2)9-22-16)7-12-5-6-13(20-3)14(8-12)21-4/h5-9H,1-4H3,(H,17,18,19)/b10-7+. The number of aryl methyl sites for hydroxylation is 1. The number of carbonyl (C=O) groups excluding carboxylic acids is 1. The minimum absolute atomic E-state index is 0.177. The van der Waals surface area contributed by atoms with E-state index in [1.165, 1.54) is 11.3 Å². The van der Waals surface area contributed by atoms with Gasteiger partial charge in [-0.05, 0) is 37.6 Å². The van der Waals surface area contributed by atoms with E-state index >= 15 is 0 Å². The Morgan fingerprint density at radius 3 is 2.59 bits per heavy atom. The van der Waals surface area contributed by atoms with Crippen molar-refractivity contribution >= 4 is 28.5 Å². The van der Waals surface area contributed by atoms with Crippen molar-refractivity contribution in [2.24, 2.45) is 0 Å². The molecule has 0 unspecified atom stereocenters. The molecule has 0 aliphatic rings. The van der Waals surface area contributed by atoms with Crippen LogP contribution in [0.25, 0.3) is 6.08 Å². The van der Waals surface area contributed by atoms with Crippen LogP contribution in [0.15, 0.2) is 29.2 Å². The summed E-state index contributed by atoms with van der Waals surface area (Å²) in [6, 6.07) is 5.49. The fourth-order valence-corrected chi connectivity index (χ4v) is 2.55. The molecule has 2 rings (SSSR count). The second-order valence-corrected chi connectivity index (χ2v) is 5.55. The Labute approximate surface area is 133 Å². The zero-order chi connectivity index (χ0) is 16.1. The number of nitrogens with zero attached hydrogens (tertiary/aromatic N) is 1. The summed E-state index contributed by atoms with van der Waals surface area (Å²) in [6.45, 7) is 3.64. The second-order valence-electron chi connectivity index (χ2n) is 4.69. The first-order valence-corrected chi connectivity index (χ1v) is 7.55. The number of benzene rings is 1. The van der Waals surface area contributed by atoms with Gasteiger partial charge in [0.1, 0.15) is 0 Å². The molecule has 0 saturated heterocycles. The lowest BCUT2D eigenvalue weighted by Crippen LogP contribution is -2.12. The molecule has 116 valence electrons. The van der Waals surface area contributed by atoms with Crippen LogP contribution >= 0.6 is 11.3 Å². The number of nitrogens with one attached hydrogen (secondary N) is 1. The summed E-state index contributed by atoms with van der Waals surface area (Å²) in [5.74, 6) is 1.10. The highest BCUT2D eigenvalue weighted by molar-refractivity contribution is 7.13. The Morgan fingerprint density at radius 1 is 1.27 bits per heavy atom. The van der Waals surface area contributed by atoms with Gasteiger partial charge in [-0.3, -0.25) is 10.1 Å². The maximum absolute atomic E-state index is 12.1. The van der Waals surface area contributed by atoms with Crippen molar-refractivity contribution in [1.29, 1.82) is 0 Å². The lowest BCUT2D eigenvalue weighted by atomic mass is 10.1. The topological polar surface area (TPSA) is 60.5 Å². The summed E-state index contributed by atoms with van der Waals surface area (Å²) < 4.78 is 10.4. The van der Waals surface area contributed by atoms with Gasteiger partial charge in [0.25, 0.3) is 5.91 Å². The highest BCUT2D eigenvalue weighted by Crippen LogP contribution is 2.28. The Balaban J connectivity index is 2.15. The maximum atomic E-state index is 12.1. The van der Waals surface area contributed by atoms with Gasteiger partial charge in [0.2, 0.25) is 0 Å². The zero-order valence-electron chi connectivity index (χ0n) is 13.0. The van der Waals surface area contributed by atoms with E-state index in [2.05, 4.69) is 10.3 Å². The van der Waals surface area contributed by atoms with Crippen molar-refractivity contribution in [3.8, 4) is 11.5 Å². The molecule has 0 bridgehead atoms. The fraction of sp³-hybridized carbons (Fsp3) is 0.250. The zero-order valence-corrected chi connectivity index (χ0v) is 13.8. The lowest BCUT2D eigenvalue weighted by Gasteiger charge is -2.08. The van der Waals surface area contributed by atoms with Gasteiger partial charge in [0.05, 0.1) is 19.9 Å². The van der Waals surface area contributed by atoms with Crippen LogP contribution in [0.1, 0.15) is 18.2 Å². The van der Waals surface area contributed by atoms with Crippen molar-refractivity contribution < 1.29 is 14.3 Å². The summed E-state index contributed by atoms with van der Waals surface area (Å²) in [4.78, 5) is 16.3. The van der Waals surface area contributed by atoms with Crippen molar-refractivity contribution in [3.63, 3.8) is 0 Å². The number of rotatable bonds is 5. The van der Waals surface area contributed by atoms with E-state index in [1.54, 1.807) is 33.3 Å². The van der Waals surface area contributed by atoms with Gasteiger partial charge in [-0.25, -0.2) is 4.98 Å². The lowest BCUT2D eigenvalue weighted by molar-refractivity contribution is -0.112. The first kappa shape index (κ1) is 16.0. The predicted molar refractivity (Wildman–Crippen MR) is 88.7 cm³/mol. The van der Waals surface area contributed by atoms with Gasteiger partial charge < -0.3 is 9.47 Å². The third-order valence-corrected chi connectivity index (χ3v) is 3.86. The normalized spacial score (nSPS) is 11.2. The molecule has 0 radical (unpaired) electrons. The molecule has 0 atom stereocenters. The van der Waals surface area contributed by atoms with E-state index in [0.29, 0.717) is 22.2 Å². The molecule has 0 fully saturated rings. The van der Waals surface area contributed by atoms with Gasteiger partial charge in [0.15, 0.2) is 16.6 Å². The SMILES string of the molecule is COc1ccc(/C=C(\C)C(=O)Nc2nc(C)cs2)cc1OC. The number of amides is 1. The third-order valence-electron chi connectivity index (χ3n) is 2.99. The smallest absolute Gasteiger partial charge is 0.253 e. The van der Waals surface area contributed by atoms with Gasteiger partial charge in [0, 0.05) is 11.0 Å². The van der Waals surface area contributed by atoms with Crippen molar-refractivity contribution in [2.75, 3.05) is 19.5 Å². The van der Waals surface area contributed by atoms with Crippen LogP contribution in [0, 0.1) is 6.92 Å². The molecule has 0 aliphatic carbocycles. The van der Waals surface area contributed by atoms with Gasteiger partial charge >= 0.3 is 0 Å². The molecule has 2 aromatic rings. The van der Waals surface area contributed by atoms with Crippen LogP contribution in [0.3, 0.4) is 0 Å². The van der Waals surface area contributed by atoms with Crippen LogP contribution in [0.4, 0.5) is 5.13 Å². The van der Waals surface area contributed by atoms with Gasteiger partial charge in [-0.15, -0.1) is 11.3 Å². The highest BCUT2D eigenvalue weighted by Gasteiger charge is 2.09. The number of thiazole rings is 1. The quantitative estimate of drug-likeness (QED) is 0.857. The highest BCUT2D eigenvalue weighted by atomic mass is 32.1. The molecule has 22 heavy (non-hydrogen) atoms. The molecule has 0 aliphatic heterocycles. The van der Waals surface area contributed by atoms with Crippen molar-refractivity contribution in [2.45, 2.75) is 13.8 Å². The number of ether oxygens (including phenoxy) is 2. The summed E-state index contributed by atoms with van der Waals surface area (Å²) in [5, 5.41) is 5.27. The molecule has 1 N–H and O–H groups in total. The van der Waals surface area contributed by atoms with E-state index in [4.69, 9.17) is 9.47 Å².